The van der Waals surface area contributed by atoms with Crippen LogP contribution >= 0.6 is 0 Å². The number of aryl methyl sites for hydroxylation is 1. The molecule has 1 aromatic carbocycles. The zero-order chi connectivity index (χ0) is 27.0. The SMILES string of the molecule is CCn1cc(C(F)(F)F)nc1-c1ccc([C@@H](C)n2ncc3cnc(-c4c(OC)ncnc4OC)nc32)cc1. The number of hydrogen-bond donors (Lipinski definition) is 0. The summed E-state index contributed by atoms with van der Waals surface area (Å²) in [5, 5.41) is 5.23. The standard InChI is InChI=1S/C25H23F3N8O2/c1-5-35-12-18(25(26,27)28)33-21(35)16-8-6-15(7-9-16)14(2)36-22-17(11-32-36)10-29-20(34-22)19-23(37-3)30-13-31-24(19)38-4/h6-14H,5H2,1-4H3/t14-/m1/s1. The van der Waals surface area contributed by atoms with Gasteiger partial charge in [0.1, 0.15) is 17.7 Å². The third-order valence-electron chi connectivity index (χ3n) is 6.15. The maximum atomic E-state index is 13.2. The lowest BCUT2D eigenvalue weighted by molar-refractivity contribution is -0.140. The van der Waals surface area contributed by atoms with Crippen LogP contribution in [0.1, 0.15) is 31.1 Å². The van der Waals surface area contributed by atoms with Gasteiger partial charge in [-0.25, -0.2) is 29.6 Å². The van der Waals surface area contributed by atoms with Gasteiger partial charge in [0.05, 0.1) is 31.8 Å². The van der Waals surface area contributed by atoms with Gasteiger partial charge in [-0.05, 0) is 19.4 Å². The average molecular weight is 525 g/mol. The highest BCUT2D eigenvalue weighted by atomic mass is 19.4. The van der Waals surface area contributed by atoms with E-state index in [1.54, 1.807) is 36.1 Å². The molecule has 5 rings (SSSR count). The molecule has 0 aliphatic rings. The van der Waals surface area contributed by atoms with Crippen LogP contribution in [-0.2, 0) is 12.7 Å². The molecule has 0 saturated heterocycles. The Kier molecular flexibility index (Phi) is 6.43. The molecule has 0 aliphatic carbocycles. The summed E-state index contributed by atoms with van der Waals surface area (Å²) in [7, 11) is 2.97. The lowest BCUT2D eigenvalue weighted by Gasteiger charge is -2.15. The summed E-state index contributed by atoms with van der Waals surface area (Å²) in [4.78, 5) is 21.2. The first kappa shape index (κ1) is 25.1. The molecule has 5 aromatic rings. The average Bonchev–Trinajstić information content (AvgIpc) is 3.56. The monoisotopic (exact) mass is 524 g/mol. The number of imidazole rings is 1. The largest absolute Gasteiger partial charge is 0.480 e. The van der Waals surface area contributed by atoms with Gasteiger partial charge in [-0.2, -0.15) is 18.3 Å². The molecule has 0 N–H and O–H groups in total. The number of ether oxygens (including phenoxy) is 2. The van der Waals surface area contributed by atoms with E-state index < -0.39 is 11.9 Å². The van der Waals surface area contributed by atoms with Crippen molar-refractivity contribution in [3.8, 4) is 34.5 Å². The first-order valence-electron chi connectivity index (χ1n) is 11.6. The van der Waals surface area contributed by atoms with Gasteiger partial charge in [0.2, 0.25) is 11.8 Å². The predicted molar refractivity (Wildman–Crippen MR) is 132 cm³/mol. The van der Waals surface area contributed by atoms with Crippen molar-refractivity contribution < 1.29 is 22.6 Å². The molecule has 1 atom stereocenters. The fraction of sp³-hybridized carbons (Fsp3) is 0.280. The summed E-state index contributed by atoms with van der Waals surface area (Å²) < 4.78 is 53.5. The molecule has 4 aromatic heterocycles. The molecule has 0 saturated carbocycles. The third-order valence-corrected chi connectivity index (χ3v) is 6.15. The van der Waals surface area contributed by atoms with Gasteiger partial charge < -0.3 is 14.0 Å². The van der Waals surface area contributed by atoms with Gasteiger partial charge in [-0.15, -0.1) is 0 Å². The smallest absolute Gasteiger partial charge is 0.434 e. The van der Waals surface area contributed by atoms with E-state index in [-0.39, 0.29) is 23.6 Å². The molecular weight excluding hydrogens is 501 g/mol. The lowest BCUT2D eigenvalue weighted by atomic mass is 10.1. The Balaban J connectivity index is 1.50. The van der Waals surface area contributed by atoms with Crippen molar-refractivity contribution in [1.82, 2.24) is 39.3 Å². The van der Waals surface area contributed by atoms with Crippen LogP contribution in [0, 0.1) is 0 Å². The normalized spacial score (nSPS) is 12.6. The molecule has 0 aliphatic heterocycles. The zero-order valence-corrected chi connectivity index (χ0v) is 20.9. The first-order valence-corrected chi connectivity index (χ1v) is 11.6. The number of alkyl halides is 3. The van der Waals surface area contributed by atoms with E-state index in [4.69, 9.17) is 14.5 Å². The summed E-state index contributed by atoms with van der Waals surface area (Å²) in [6, 6.07) is 6.94. The van der Waals surface area contributed by atoms with Crippen LogP contribution in [0.2, 0.25) is 0 Å². The van der Waals surface area contributed by atoms with Crippen LogP contribution in [0.3, 0.4) is 0 Å². The van der Waals surface area contributed by atoms with E-state index in [0.717, 1.165) is 17.1 Å². The van der Waals surface area contributed by atoms with Crippen molar-refractivity contribution in [1.29, 1.82) is 0 Å². The maximum Gasteiger partial charge on any atom is 0.434 e. The van der Waals surface area contributed by atoms with Gasteiger partial charge in [-0.3, -0.25) is 0 Å². The fourth-order valence-corrected chi connectivity index (χ4v) is 4.17. The molecule has 0 amide bonds. The number of fused-ring (bicyclic) bond motifs is 1. The van der Waals surface area contributed by atoms with Crippen molar-refractivity contribution in [2.75, 3.05) is 14.2 Å². The highest BCUT2D eigenvalue weighted by molar-refractivity contribution is 5.78. The molecule has 0 unspecified atom stereocenters. The van der Waals surface area contributed by atoms with E-state index in [0.29, 0.717) is 29.1 Å². The number of methoxy groups -OCH3 is 2. The molecular formula is C25H23F3N8O2. The second-order valence-corrected chi connectivity index (χ2v) is 8.36. The molecule has 10 nitrogen and oxygen atoms in total. The number of halogens is 3. The Morgan fingerprint density at radius 2 is 1.63 bits per heavy atom. The van der Waals surface area contributed by atoms with Gasteiger partial charge in [-0.1, -0.05) is 24.3 Å². The van der Waals surface area contributed by atoms with Crippen LogP contribution < -0.4 is 9.47 Å². The minimum absolute atomic E-state index is 0.253. The van der Waals surface area contributed by atoms with Crippen LogP contribution in [0.5, 0.6) is 11.8 Å². The Bertz CT molecular complexity index is 1570. The predicted octanol–water partition coefficient (Wildman–Crippen LogP) is 4.81. The summed E-state index contributed by atoms with van der Waals surface area (Å²) in [6.45, 7) is 4.08. The second-order valence-electron chi connectivity index (χ2n) is 8.36. The third kappa shape index (κ3) is 4.40. The van der Waals surface area contributed by atoms with Gasteiger partial charge in [0.15, 0.2) is 17.2 Å². The maximum absolute atomic E-state index is 13.2. The topological polar surface area (TPSA) is 106 Å². The highest BCUT2D eigenvalue weighted by Gasteiger charge is 2.34. The number of hydrogen-bond acceptors (Lipinski definition) is 8. The Morgan fingerprint density at radius 1 is 0.947 bits per heavy atom. The minimum atomic E-state index is -4.51. The molecule has 0 bridgehead atoms. The highest BCUT2D eigenvalue weighted by Crippen LogP contribution is 2.34. The quantitative estimate of drug-likeness (QED) is 0.299. The van der Waals surface area contributed by atoms with Crippen molar-refractivity contribution in [3.63, 3.8) is 0 Å². The number of nitrogens with zero attached hydrogens (tertiary/aromatic N) is 8. The van der Waals surface area contributed by atoms with Gasteiger partial charge in [0, 0.05) is 24.5 Å². The number of benzene rings is 1. The lowest BCUT2D eigenvalue weighted by Crippen LogP contribution is -2.10. The molecule has 38 heavy (non-hydrogen) atoms. The summed E-state index contributed by atoms with van der Waals surface area (Å²) >= 11 is 0. The van der Waals surface area contributed by atoms with Crippen molar-refractivity contribution >= 4 is 11.0 Å². The Hall–Kier alpha value is -4.55. The van der Waals surface area contributed by atoms with E-state index in [2.05, 4.69) is 25.0 Å². The molecule has 13 heteroatoms. The van der Waals surface area contributed by atoms with Crippen LogP contribution in [0.25, 0.3) is 33.8 Å². The fourth-order valence-electron chi connectivity index (χ4n) is 4.17. The van der Waals surface area contributed by atoms with Crippen molar-refractivity contribution in [2.24, 2.45) is 0 Å². The molecule has 196 valence electrons. The van der Waals surface area contributed by atoms with E-state index >= 15 is 0 Å². The molecule has 4 heterocycles. The number of rotatable bonds is 7. The Morgan fingerprint density at radius 3 is 2.24 bits per heavy atom. The van der Waals surface area contributed by atoms with E-state index in [9.17, 15) is 13.2 Å². The molecule has 0 radical (unpaired) electrons. The van der Waals surface area contributed by atoms with Gasteiger partial charge >= 0.3 is 6.18 Å². The molecule has 0 spiro atoms. The zero-order valence-electron chi connectivity index (χ0n) is 20.9. The van der Waals surface area contributed by atoms with Crippen LogP contribution in [0.4, 0.5) is 13.2 Å². The minimum Gasteiger partial charge on any atom is -0.480 e. The second kappa shape index (κ2) is 9.72. The van der Waals surface area contributed by atoms with Gasteiger partial charge in [0.25, 0.3) is 0 Å². The number of aromatic nitrogens is 8. The summed E-state index contributed by atoms with van der Waals surface area (Å²) in [5.41, 5.74) is 1.52. The van der Waals surface area contributed by atoms with Crippen molar-refractivity contribution in [2.45, 2.75) is 32.6 Å². The van der Waals surface area contributed by atoms with E-state index in [1.165, 1.54) is 25.1 Å². The first-order chi connectivity index (χ1) is 18.2. The van der Waals surface area contributed by atoms with E-state index in [1.807, 2.05) is 19.1 Å². The Labute approximate surface area is 215 Å². The van der Waals surface area contributed by atoms with Crippen LogP contribution in [-0.4, -0.2) is 53.5 Å². The molecule has 0 fully saturated rings. The summed E-state index contributed by atoms with van der Waals surface area (Å²) in [6.07, 6.45) is 1.15. The van der Waals surface area contributed by atoms with Crippen LogP contribution in [0.15, 0.2) is 49.2 Å². The summed E-state index contributed by atoms with van der Waals surface area (Å²) in [5.74, 6) is 1.10. The van der Waals surface area contributed by atoms with Crippen molar-refractivity contribution in [3.05, 3.63) is 60.4 Å².